The normalized spacial score (nSPS) is 9.82. The highest BCUT2D eigenvalue weighted by Gasteiger charge is 2.41. The first-order valence-electron chi connectivity index (χ1n) is 4.92. The molecule has 0 aliphatic heterocycles. The van der Waals surface area contributed by atoms with Gasteiger partial charge in [0.1, 0.15) is 11.4 Å². The summed E-state index contributed by atoms with van der Waals surface area (Å²) in [6, 6.07) is 0. The zero-order valence-corrected chi connectivity index (χ0v) is 9.92. The van der Waals surface area contributed by atoms with Gasteiger partial charge in [0.05, 0.1) is 15.0 Å². The summed E-state index contributed by atoms with van der Waals surface area (Å²) in [6.45, 7) is 0. The standard InChI is InChI=1S/C6N10O6/c7-12-9-1-2(10-13-8)5(14(17)18)6(15(19)20)3-4(1)16(21)22-11-3. The van der Waals surface area contributed by atoms with Gasteiger partial charge < -0.3 is 5.21 Å². The molecule has 0 amide bonds. The van der Waals surface area contributed by atoms with E-state index in [0.717, 1.165) is 0 Å². The summed E-state index contributed by atoms with van der Waals surface area (Å²) in [6.07, 6.45) is 0. The molecule has 0 aliphatic rings. The maximum absolute atomic E-state index is 11.5. The Morgan fingerprint density at radius 1 is 1.09 bits per heavy atom. The molecule has 16 heteroatoms. The van der Waals surface area contributed by atoms with E-state index >= 15 is 0 Å². The predicted octanol–water partition coefficient (Wildman–Crippen LogP) is 2.16. The van der Waals surface area contributed by atoms with E-state index in [-0.39, 0.29) is 4.90 Å². The zero-order valence-electron chi connectivity index (χ0n) is 9.92. The highest BCUT2D eigenvalue weighted by atomic mass is 16.8. The highest BCUT2D eigenvalue weighted by molar-refractivity contribution is 6.02. The molecular formula is C6N10O6. The molecule has 1 aromatic carbocycles. The Morgan fingerprint density at radius 3 is 2.14 bits per heavy atom. The lowest BCUT2D eigenvalue weighted by Crippen LogP contribution is -2.22. The summed E-state index contributed by atoms with van der Waals surface area (Å²) in [4.78, 5) is 23.9. The number of nitro benzene ring substituents is 2. The van der Waals surface area contributed by atoms with Gasteiger partial charge in [-0.3, -0.25) is 24.9 Å². The van der Waals surface area contributed by atoms with Crippen molar-refractivity contribution >= 4 is 33.8 Å². The Labute approximate surface area is 116 Å². The Kier molecular flexibility index (Phi) is 3.29. The Morgan fingerprint density at radius 2 is 1.64 bits per heavy atom. The second kappa shape index (κ2) is 5.08. The van der Waals surface area contributed by atoms with Crippen molar-refractivity contribution in [3.8, 4) is 0 Å². The maximum Gasteiger partial charge on any atom is 0.403 e. The Bertz CT molecular complexity index is 918. The first-order valence-corrected chi connectivity index (χ1v) is 4.92. The van der Waals surface area contributed by atoms with Gasteiger partial charge in [-0.25, -0.2) is 0 Å². The van der Waals surface area contributed by atoms with Crippen LogP contribution < -0.4 is 4.90 Å². The van der Waals surface area contributed by atoms with Gasteiger partial charge in [0.15, 0.2) is 0 Å². The van der Waals surface area contributed by atoms with Crippen LogP contribution in [-0.2, 0) is 0 Å². The van der Waals surface area contributed by atoms with Crippen molar-refractivity contribution in [2.24, 2.45) is 10.2 Å². The second-order valence-corrected chi connectivity index (χ2v) is 3.41. The van der Waals surface area contributed by atoms with Crippen LogP contribution in [0.1, 0.15) is 0 Å². The molecule has 0 bridgehead atoms. The van der Waals surface area contributed by atoms with E-state index in [9.17, 15) is 25.4 Å². The van der Waals surface area contributed by atoms with Crippen molar-refractivity contribution in [3.63, 3.8) is 0 Å². The van der Waals surface area contributed by atoms with E-state index in [1.807, 2.05) is 0 Å². The van der Waals surface area contributed by atoms with Crippen molar-refractivity contribution in [2.45, 2.75) is 0 Å². The molecule has 2 rings (SSSR count). The van der Waals surface area contributed by atoms with Gasteiger partial charge in [0.25, 0.3) is 0 Å². The van der Waals surface area contributed by atoms with E-state index in [2.05, 4.69) is 29.8 Å². The molecule has 1 heterocycles. The van der Waals surface area contributed by atoms with E-state index in [0.29, 0.717) is 0 Å². The van der Waals surface area contributed by atoms with Crippen molar-refractivity contribution in [2.75, 3.05) is 0 Å². The minimum atomic E-state index is -1.29. The number of nitro groups is 2. The van der Waals surface area contributed by atoms with E-state index < -0.39 is 43.6 Å². The quantitative estimate of drug-likeness (QED) is 0.203. The third-order valence-electron chi connectivity index (χ3n) is 2.39. The number of hydrogen-bond donors (Lipinski definition) is 0. The SMILES string of the molecule is [N-]=[N+]=Nc1c([N+](=O)[O-])c([N+](=O)[O-])c2no[n+]([O-])c2c1N=[N+]=[N-]. The first-order chi connectivity index (χ1) is 10.4. The average molecular weight is 308 g/mol. The molecule has 0 spiro atoms. The summed E-state index contributed by atoms with van der Waals surface area (Å²) >= 11 is 0. The lowest BCUT2D eigenvalue weighted by atomic mass is 10.1. The monoisotopic (exact) mass is 308 g/mol. The predicted molar refractivity (Wildman–Crippen MR) is 63.9 cm³/mol. The van der Waals surface area contributed by atoms with Crippen LogP contribution in [0.3, 0.4) is 0 Å². The lowest BCUT2D eigenvalue weighted by Gasteiger charge is -2.01. The molecule has 1 aromatic heterocycles. The fraction of sp³-hybridized carbons (Fsp3) is 0. The Balaban J connectivity index is 3.25. The van der Waals surface area contributed by atoms with Gasteiger partial charge in [-0.2, -0.15) is 0 Å². The molecule has 22 heavy (non-hydrogen) atoms. The summed E-state index contributed by atoms with van der Waals surface area (Å²) < 4.78 is 4.13. The fourth-order valence-corrected chi connectivity index (χ4v) is 1.68. The molecule has 0 fully saturated rings. The highest BCUT2D eigenvalue weighted by Crippen LogP contribution is 2.48. The van der Waals surface area contributed by atoms with Crippen LogP contribution in [0.4, 0.5) is 22.7 Å². The number of fused-ring (bicyclic) bond motifs is 1. The number of rotatable bonds is 4. The molecule has 0 radical (unpaired) electrons. The number of azide groups is 2. The van der Waals surface area contributed by atoms with Gasteiger partial charge in [-0.05, 0) is 16.0 Å². The third kappa shape index (κ3) is 1.90. The number of hydrogen-bond acceptors (Lipinski definition) is 9. The molecule has 0 saturated carbocycles. The minimum Gasteiger partial charge on any atom is -0.359 e. The maximum atomic E-state index is 11.5. The van der Waals surface area contributed by atoms with Crippen molar-refractivity contribution < 1.29 is 19.4 Å². The topological polar surface area (TPSA) is 237 Å². The van der Waals surface area contributed by atoms with Crippen LogP contribution in [0, 0.1) is 25.4 Å². The summed E-state index contributed by atoms with van der Waals surface area (Å²) in [5, 5.41) is 42.5. The second-order valence-electron chi connectivity index (χ2n) is 3.41. The summed E-state index contributed by atoms with van der Waals surface area (Å²) in [5.74, 6) is 0. The molecule has 0 atom stereocenters. The van der Waals surface area contributed by atoms with E-state index in [1.165, 1.54) is 0 Å². The van der Waals surface area contributed by atoms with Gasteiger partial charge in [0.2, 0.25) is 5.52 Å². The zero-order chi connectivity index (χ0) is 16.4. The van der Waals surface area contributed by atoms with Crippen LogP contribution in [0.15, 0.2) is 14.9 Å². The van der Waals surface area contributed by atoms with E-state index in [1.54, 1.807) is 0 Å². The van der Waals surface area contributed by atoms with Gasteiger partial charge >= 0.3 is 16.9 Å². The lowest BCUT2D eigenvalue weighted by molar-refractivity contribution is -0.781. The van der Waals surface area contributed by atoms with Crippen LogP contribution in [0.5, 0.6) is 0 Å². The smallest absolute Gasteiger partial charge is 0.359 e. The number of nitrogens with zero attached hydrogens (tertiary/aromatic N) is 10. The molecule has 2 aromatic rings. The van der Waals surface area contributed by atoms with Gasteiger partial charge in [-0.15, -0.1) is 0 Å². The molecule has 0 saturated heterocycles. The molecule has 110 valence electrons. The van der Waals surface area contributed by atoms with Crippen LogP contribution in [0.2, 0.25) is 0 Å². The van der Waals surface area contributed by atoms with Crippen molar-refractivity contribution in [3.05, 3.63) is 46.3 Å². The minimum absolute atomic E-state index is 0.369. The summed E-state index contributed by atoms with van der Waals surface area (Å²) in [7, 11) is 0. The molecule has 0 aliphatic carbocycles. The van der Waals surface area contributed by atoms with E-state index in [4.69, 9.17) is 11.1 Å². The van der Waals surface area contributed by atoms with Crippen LogP contribution in [-0.4, -0.2) is 15.0 Å². The first kappa shape index (κ1) is 14.3. The molecule has 0 unspecified atom stereocenters. The van der Waals surface area contributed by atoms with Crippen LogP contribution in [0.25, 0.3) is 31.9 Å². The van der Waals surface area contributed by atoms with Crippen LogP contribution >= 0.6 is 0 Å². The fourth-order valence-electron chi connectivity index (χ4n) is 1.68. The largest absolute Gasteiger partial charge is 0.403 e. The molecule has 16 nitrogen and oxygen atoms in total. The summed E-state index contributed by atoms with van der Waals surface area (Å²) in [5.41, 5.74) is 11.0. The van der Waals surface area contributed by atoms with Crippen molar-refractivity contribution in [1.29, 1.82) is 0 Å². The average Bonchev–Trinajstić information content (AvgIpc) is 2.82. The Hall–Kier alpha value is -4.16. The third-order valence-corrected chi connectivity index (χ3v) is 2.39. The molecular weight excluding hydrogens is 308 g/mol. The van der Waals surface area contributed by atoms with Gasteiger partial charge in [-0.1, -0.05) is 10.2 Å². The number of benzene rings is 1. The van der Waals surface area contributed by atoms with Crippen molar-refractivity contribution in [1.82, 2.24) is 5.16 Å². The number of aromatic nitrogens is 2. The van der Waals surface area contributed by atoms with Gasteiger partial charge in [0, 0.05) is 9.82 Å². The molecule has 0 N–H and O–H groups in total.